The number of amides is 1. The molecule has 0 radical (unpaired) electrons. The highest BCUT2D eigenvalue weighted by atomic mass is 79.9. The van der Waals surface area contributed by atoms with Crippen LogP contribution in [0.1, 0.15) is 38.7 Å². The van der Waals surface area contributed by atoms with Crippen molar-refractivity contribution in [2.45, 2.75) is 43.6 Å². The van der Waals surface area contributed by atoms with Gasteiger partial charge in [0.25, 0.3) is 0 Å². The van der Waals surface area contributed by atoms with Gasteiger partial charge in [0.1, 0.15) is 10.3 Å². The zero-order chi connectivity index (χ0) is 18.5. The molecule has 1 aromatic rings. The molecule has 142 valence electrons. The number of nitrogens with one attached hydrogen (secondary N) is 2. The van der Waals surface area contributed by atoms with Crippen LogP contribution in [0.4, 0.5) is 11.5 Å². The molecule has 1 amide bonds. The van der Waals surface area contributed by atoms with Crippen molar-refractivity contribution in [3.05, 3.63) is 17.8 Å². The first-order valence-electron chi connectivity index (χ1n) is 9.64. The van der Waals surface area contributed by atoms with Gasteiger partial charge in [-0.15, -0.1) is 0 Å². The van der Waals surface area contributed by atoms with E-state index in [4.69, 9.17) is 5.73 Å². The molecule has 3 unspecified atom stereocenters. The zero-order valence-corrected chi connectivity index (χ0v) is 17.1. The summed E-state index contributed by atoms with van der Waals surface area (Å²) in [5.74, 6) is 2.29. The molecule has 2 fully saturated rings. The van der Waals surface area contributed by atoms with E-state index in [1.165, 1.54) is 12.8 Å². The summed E-state index contributed by atoms with van der Waals surface area (Å²) in [6.07, 6.45) is 5.67. The van der Waals surface area contributed by atoms with Gasteiger partial charge >= 0.3 is 0 Å². The molecule has 0 spiro atoms. The highest BCUT2D eigenvalue weighted by Crippen LogP contribution is 2.46. The number of carbonyl (C=O) groups excluding carboxylic acids is 1. The fourth-order valence-electron chi connectivity index (χ4n) is 4.31. The van der Waals surface area contributed by atoms with Crippen LogP contribution >= 0.6 is 15.9 Å². The second kappa shape index (κ2) is 6.68. The number of anilines is 2. The minimum absolute atomic E-state index is 0.0236. The molecule has 1 saturated carbocycles. The second-order valence-electron chi connectivity index (χ2n) is 8.25. The molecule has 3 heterocycles. The number of aromatic nitrogens is 1. The smallest absolute Gasteiger partial charge is 0.223 e. The van der Waals surface area contributed by atoms with Crippen LogP contribution in [0, 0.1) is 17.8 Å². The van der Waals surface area contributed by atoms with Crippen molar-refractivity contribution in [3.63, 3.8) is 0 Å². The Balaban J connectivity index is 1.61. The summed E-state index contributed by atoms with van der Waals surface area (Å²) in [5, 5.41) is 6.49. The standard InChI is InChI=1S/C19H28BrN5O/c1-11(2)18(26)24-19(20)10-23-17-16(19)15(5-7-22-17)25-8-6-13(12-3-4-12)14(21)9-25/h5,7,11-14H,3-4,6,8-10,21H2,1-2H3,(H,22,23)(H,24,26). The molecular weight excluding hydrogens is 394 g/mol. The van der Waals surface area contributed by atoms with Gasteiger partial charge in [-0.05, 0) is 37.2 Å². The molecule has 1 saturated heterocycles. The van der Waals surface area contributed by atoms with Crippen LogP contribution in [0.25, 0.3) is 0 Å². The molecule has 0 bridgehead atoms. The summed E-state index contributed by atoms with van der Waals surface area (Å²) in [4.78, 5) is 19.2. The SMILES string of the molecule is CC(C)C(=O)NC1(Br)CNc2nccc(N3CCC(C4CC4)C(N)C3)c21. The fourth-order valence-corrected chi connectivity index (χ4v) is 5.04. The van der Waals surface area contributed by atoms with Crippen LogP contribution in [-0.2, 0) is 9.24 Å². The number of piperidine rings is 1. The number of rotatable bonds is 4. The van der Waals surface area contributed by atoms with Crippen LogP contribution in [0.2, 0.25) is 0 Å². The molecule has 6 nitrogen and oxygen atoms in total. The first-order chi connectivity index (χ1) is 12.4. The molecule has 0 aromatic carbocycles. The lowest BCUT2D eigenvalue weighted by Gasteiger charge is -2.40. The summed E-state index contributed by atoms with van der Waals surface area (Å²) >= 11 is 3.80. The third kappa shape index (κ3) is 3.20. The van der Waals surface area contributed by atoms with Crippen molar-refractivity contribution in [2.24, 2.45) is 23.5 Å². The number of hydrogen-bond donors (Lipinski definition) is 3. The molecule has 3 aliphatic rings. The number of alkyl halides is 1. The monoisotopic (exact) mass is 421 g/mol. The number of nitrogens with zero attached hydrogens (tertiary/aromatic N) is 2. The Labute approximate surface area is 163 Å². The topological polar surface area (TPSA) is 83.3 Å². The van der Waals surface area contributed by atoms with E-state index < -0.39 is 4.45 Å². The van der Waals surface area contributed by atoms with Crippen molar-refractivity contribution in [1.29, 1.82) is 0 Å². The van der Waals surface area contributed by atoms with E-state index >= 15 is 0 Å². The number of nitrogens with two attached hydrogens (primary N) is 1. The van der Waals surface area contributed by atoms with Gasteiger partial charge in [-0.1, -0.05) is 29.8 Å². The molecular formula is C19H28BrN5O. The van der Waals surface area contributed by atoms with Crippen molar-refractivity contribution in [1.82, 2.24) is 10.3 Å². The maximum Gasteiger partial charge on any atom is 0.223 e. The summed E-state index contributed by atoms with van der Waals surface area (Å²) in [6, 6.07) is 2.26. The Hall–Kier alpha value is -1.34. The van der Waals surface area contributed by atoms with Crippen LogP contribution in [-0.4, -0.2) is 36.6 Å². The predicted molar refractivity (Wildman–Crippen MR) is 107 cm³/mol. The number of halogens is 1. The van der Waals surface area contributed by atoms with Crippen molar-refractivity contribution in [2.75, 3.05) is 29.9 Å². The third-order valence-corrected chi connectivity index (χ3v) is 6.83. The van der Waals surface area contributed by atoms with E-state index in [1.54, 1.807) is 0 Å². The molecule has 1 aromatic heterocycles. The maximum absolute atomic E-state index is 12.4. The van der Waals surface area contributed by atoms with Gasteiger partial charge in [-0.25, -0.2) is 4.98 Å². The highest BCUT2D eigenvalue weighted by molar-refractivity contribution is 9.09. The fraction of sp³-hybridized carbons (Fsp3) is 0.684. The van der Waals surface area contributed by atoms with E-state index in [0.29, 0.717) is 12.5 Å². The lowest BCUT2D eigenvalue weighted by Crippen LogP contribution is -2.50. The van der Waals surface area contributed by atoms with Gasteiger partial charge in [-0.2, -0.15) is 0 Å². The minimum Gasteiger partial charge on any atom is -0.369 e. The summed E-state index contributed by atoms with van der Waals surface area (Å²) in [6.45, 7) is 6.25. The molecule has 7 heteroatoms. The van der Waals surface area contributed by atoms with Gasteiger partial charge < -0.3 is 21.3 Å². The van der Waals surface area contributed by atoms with Crippen molar-refractivity contribution < 1.29 is 4.79 Å². The quantitative estimate of drug-likeness (QED) is 0.513. The Morgan fingerprint density at radius 2 is 2.23 bits per heavy atom. The Bertz CT molecular complexity index is 707. The summed E-state index contributed by atoms with van der Waals surface area (Å²) in [5.41, 5.74) is 8.66. The Morgan fingerprint density at radius 3 is 2.88 bits per heavy atom. The molecule has 4 rings (SSSR count). The average molecular weight is 422 g/mol. The third-order valence-electron chi connectivity index (χ3n) is 5.95. The molecule has 2 aliphatic heterocycles. The van der Waals surface area contributed by atoms with E-state index in [1.807, 2.05) is 26.1 Å². The van der Waals surface area contributed by atoms with E-state index in [-0.39, 0.29) is 17.9 Å². The lowest BCUT2D eigenvalue weighted by molar-refractivity contribution is -0.124. The van der Waals surface area contributed by atoms with Gasteiger partial charge in [-0.3, -0.25) is 4.79 Å². The van der Waals surface area contributed by atoms with E-state index in [9.17, 15) is 4.79 Å². The zero-order valence-electron chi connectivity index (χ0n) is 15.5. The van der Waals surface area contributed by atoms with E-state index in [0.717, 1.165) is 42.5 Å². The van der Waals surface area contributed by atoms with Gasteiger partial charge in [0.05, 0.1) is 12.1 Å². The van der Waals surface area contributed by atoms with Crippen LogP contribution in [0.3, 0.4) is 0 Å². The second-order valence-corrected chi connectivity index (χ2v) is 9.61. The number of fused-ring (bicyclic) bond motifs is 1. The number of hydrogen-bond acceptors (Lipinski definition) is 5. The van der Waals surface area contributed by atoms with Gasteiger partial charge in [0, 0.05) is 36.9 Å². The predicted octanol–water partition coefficient (Wildman–Crippen LogP) is 2.39. The first kappa shape index (κ1) is 18.0. The van der Waals surface area contributed by atoms with E-state index in [2.05, 4.69) is 36.4 Å². The van der Waals surface area contributed by atoms with Gasteiger partial charge in [0.15, 0.2) is 0 Å². The van der Waals surface area contributed by atoms with Crippen LogP contribution < -0.4 is 21.3 Å². The summed E-state index contributed by atoms with van der Waals surface area (Å²) in [7, 11) is 0. The highest BCUT2D eigenvalue weighted by Gasteiger charge is 2.44. The summed E-state index contributed by atoms with van der Waals surface area (Å²) < 4.78 is -0.634. The van der Waals surface area contributed by atoms with Crippen molar-refractivity contribution in [3.8, 4) is 0 Å². The normalized spacial score (nSPS) is 30.9. The Morgan fingerprint density at radius 1 is 1.46 bits per heavy atom. The van der Waals surface area contributed by atoms with Crippen molar-refractivity contribution >= 4 is 33.3 Å². The lowest BCUT2D eigenvalue weighted by atomic mass is 9.87. The average Bonchev–Trinajstić information content (AvgIpc) is 3.39. The first-order valence-corrected chi connectivity index (χ1v) is 10.4. The Kier molecular flexibility index (Phi) is 4.63. The van der Waals surface area contributed by atoms with Crippen LogP contribution in [0.5, 0.6) is 0 Å². The molecule has 1 aliphatic carbocycles. The minimum atomic E-state index is -0.634. The molecule has 3 atom stereocenters. The maximum atomic E-state index is 12.4. The van der Waals surface area contributed by atoms with Gasteiger partial charge in [0.2, 0.25) is 5.91 Å². The largest absolute Gasteiger partial charge is 0.369 e. The number of carbonyl (C=O) groups is 1. The molecule has 4 N–H and O–H groups in total. The molecule has 26 heavy (non-hydrogen) atoms. The van der Waals surface area contributed by atoms with Crippen LogP contribution in [0.15, 0.2) is 12.3 Å². The number of pyridine rings is 1.